The molecule has 1 fully saturated rings. The second-order valence-corrected chi connectivity index (χ2v) is 8.74. The van der Waals surface area contributed by atoms with Gasteiger partial charge in [0.15, 0.2) is 0 Å². The van der Waals surface area contributed by atoms with Crippen LogP contribution in [0.15, 0.2) is 134 Å². The number of carbonyl (C=O) groups excluding carboxylic acids is 4. The van der Waals surface area contributed by atoms with Gasteiger partial charge in [-0.25, -0.2) is 28.6 Å². The highest BCUT2D eigenvalue weighted by atomic mass is 79.9. The number of benzene rings is 4. The van der Waals surface area contributed by atoms with E-state index < -0.39 is 5.82 Å². The number of hydrogen-bond donors (Lipinski definition) is 0. The Bertz CT molecular complexity index is 1520. The zero-order valence-electron chi connectivity index (χ0n) is 21.4. The van der Waals surface area contributed by atoms with E-state index in [1.807, 2.05) is 48.5 Å². The Kier molecular flexibility index (Phi) is 14.8. The summed E-state index contributed by atoms with van der Waals surface area (Å²) in [6.45, 7) is 0. The van der Waals surface area contributed by atoms with Gasteiger partial charge >= 0.3 is 0 Å². The largest absolute Gasteiger partial charge is 0.240 e. The van der Waals surface area contributed by atoms with Crippen molar-refractivity contribution in [1.29, 1.82) is 0 Å². The van der Waals surface area contributed by atoms with Crippen LogP contribution in [0.5, 0.6) is 0 Å². The van der Waals surface area contributed by atoms with Crippen LogP contribution in [0.4, 0.5) is 21.5 Å². The molecule has 0 amide bonds. The monoisotopic (exact) mass is 612 g/mol. The second-order valence-electron chi connectivity index (χ2n) is 7.89. The first kappa shape index (κ1) is 32.0. The predicted octanol–water partition coefficient (Wildman–Crippen LogP) is 7.74. The smallest absolute Gasteiger partial charge is 0.211 e. The lowest BCUT2D eigenvalue weighted by molar-refractivity contribution is 0.562. The number of rotatable bonds is 5. The first-order valence-electron chi connectivity index (χ1n) is 11.9. The minimum absolute atomic E-state index is 0.0255. The van der Waals surface area contributed by atoms with Gasteiger partial charge in [0.1, 0.15) is 11.5 Å². The van der Waals surface area contributed by atoms with Crippen LogP contribution in [0.2, 0.25) is 0 Å². The fraction of sp³-hybridized carbons (Fsp3) is 0.0968. The number of isocyanates is 4. The molecule has 2 unspecified atom stereocenters. The van der Waals surface area contributed by atoms with Crippen molar-refractivity contribution < 1.29 is 23.6 Å². The zero-order chi connectivity index (χ0) is 29.7. The van der Waals surface area contributed by atoms with Gasteiger partial charge in [0.05, 0.1) is 17.4 Å². The number of nitrogens with zero attached hydrogens (tertiary/aromatic N) is 4. The summed E-state index contributed by atoms with van der Waals surface area (Å²) >= 11 is 3.22. The van der Waals surface area contributed by atoms with E-state index in [1.54, 1.807) is 36.4 Å². The van der Waals surface area contributed by atoms with Crippen LogP contribution in [-0.2, 0) is 19.2 Å². The second kappa shape index (κ2) is 19.0. The third-order valence-corrected chi connectivity index (χ3v) is 5.84. The maximum Gasteiger partial charge on any atom is 0.240 e. The molecule has 0 N–H and O–H groups in total. The molecule has 0 saturated heterocycles. The lowest BCUT2D eigenvalue weighted by Crippen LogP contribution is -1.82. The minimum Gasteiger partial charge on any atom is -0.211 e. The van der Waals surface area contributed by atoms with E-state index in [1.165, 1.54) is 42.0 Å². The third kappa shape index (κ3) is 12.5. The molecule has 0 spiro atoms. The summed E-state index contributed by atoms with van der Waals surface area (Å²) in [6.07, 6.45) is 6.79. The highest BCUT2D eigenvalue weighted by molar-refractivity contribution is 9.10. The summed E-state index contributed by atoms with van der Waals surface area (Å²) in [4.78, 5) is 52.8. The number of hydrogen-bond acceptors (Lipinski definition) is 8. The lowest BCUT2D eigenvalue weighted by Gasteiger charge is -1.94. The first-order chi connectivity index (χ1) is 20.0. The molecule has 41 heavy (non-hydrogen) atoms. The molecule has 10 heteroatoms. The first-order valence-corrected chi connectivity index (χ1v) is 12.7. The maximum atomic E-state index is 12.5. The minimum atomic E-state index is -0.508. The molecule has 5 rings (SSSR count). The molecule has 1 aliphatic rings. The quantitative estimate of drug-likeness (QED) is 0.169. The lowest BCUT2D eigenvalue weighted by atomic mass is 10.1. The van der Waals surface area contributed by atoms with Crippen LogP contribution in [0, 0.1) is 5.82 Å². The summed E-state index contributed by atoms with van der Waals surface area (Å²) in [5, 5.41) is 0. The summed E-state index contributed by atoms with van der Waals surface area (Å²) < 4.78 is 13.3. The summed E-state index contributed by atoms with van der Waals surface area (Å²) in [6, 6.07) is 32.3. The van der Waals surface area contributed by atoms with E-state index in [4.69, 9.17) is 0 Å². The summed E-state index contributed by atoms with van der Waals surface area (Å²) in [7, 11) is 0. The van der Waals surface area contributed by atoms with Crippen molar-refractivity contribution in [3.63, 3.8) is 0 Å². The summed E-state index contributed by atoms with van der Waals surface area (Å²) in [5.41, 5.74) is 2.56. The highest BCUT2D eigenvalue weighted by Crippen LogP contribution is 2.42. The Morgan fingerprint density at radius 1 is 0.610 bits per heavy atom. The molecule has 0 aliphatic heterocycles. The third-order valence-electron chi connectivity index (χ3n) is 5.17. The fourth-order valence-corrected chi connectivity index (χ4v) is 3.56. The average molecular weight is 613 g/mol. The SMILES string of the molecule is O=C=NC1CC1c1ccccc1.O=C=Nc1ccccc1.O=C=Nc1ccccc1Br.O=C=Nc1ccccc1F. The highest BCUT2D eigenvalue weighted by Gasteiger charge is 2.38. The van der Waals surface area contributed by atoms with E-state index in [2.05, 4.69) is 48.0 Å². The van der Waals surface area contributed by atoms with Crippen molar-refractivity contribution in [1.82, 2.24) is 0 Å². The van der Waals surface area contributed by atoms with Crippen LogP contribution < -0.4 is 0 Å². The molecular weight excluding hydrogens is 591 g/mol. The van der Waals surface area contributed by atoms with Crippen LogP contribution in [-0.4, -0.2) is 30.4 Å². The van der Waals surface area contributed by atoms with Crippen LogP contribution >= 0.6 is 15.9 Å². The molecule has 0 radical (unpaired) electrons. The van der Waals surface area contributed by atoms with E-state index in [0.717, 1.165) is 10.9 Å². The molecule has 2 atom stereocenters. The van der Waals surface area contributed by atoms with Crippen molar-refractivity contribution in [3.8, 4) is 0 Å². The normalized spacial score (nSPS) is 13.5. The van der Waals surface area contributed by atoms with Crippen LogP contribution in [0.3, 0.4) is 0 Å². The van der Waals surface area contributed by atoms with Crippen molar-refractivity contribution in [2.75, 3.05) is 0 Å². The Hall–Kier alpha value is -5.19. The van der Waals surface area contributed by atoms with Crippen molar-refractivity contribution in [2.24, 2.45) is 20.0 Å². The van der Waals surface area contributed by atoms with Gasteiger partial charge in [-0.3, -0.25) is 0 Å². The molecular formula is C31H22BrFN4O4. The fourth-order valence-electron chi connectivity index (χ4n) is 3.19. The van der Waals surface area contributed by atoms with Gasteiger partial charge in [-0.05, 0) is 64.3 Å². The van der Waals surface area contributed by atoms with Crippen molar-refractivity contribution in [3.05, 3.63) is 125 Å². The van der Waals surface area contributed by atoms with Gasteiger partial charge in [0.2, 0.25) is 24.3 Å². The van der Waals surface area contributed by atoms with Crippen LogP contribution in [0.25, 0.3) is 0 Å². The van der Waals surface area contributed by atoms with E-state index in [0.29, 0.717) is 17.3 Å². The van der Waals surface area contributed by atoms with Crippen molar-refractivity contribution in [2.45, 2.75) is 18.4 Å². The molecule has 1 aliphatic carbocycles. The Morgan fingerprint density at radius 3 is 1.68 bits per heavy atom. The van der Waals surface area contributed by atoms with Crippen molar-refractivity contribution >= 4 is 57.3 Å². The summed E-state index contributed by atoms with van der Waals surface area (Å²) in [5.74, 6) is -0.0431. The molecule has 204 valence electrons. The molecule has 1 saturated carbocycles. The molecule has 4 aromatic rings. The molecule has 0 aromatic heterocycles. The van der Waals surface area contributed by atoms with Crippen LogP contribution in [0.1, 0.15) is 17.9 Å². The topological polar surface area (TPSA) is 118 Å². The average Bonchev–Trinajstić information content (AvgIpc) is 3.78. The Labute approximate surface area is 243 Å². The van der Waals surface area contributed by atoms with Gasteiger partial charge in [0, 0.05) is 10.4 Å². The van der Waals surface area contributed by atoms with Gasteiger partial charge in [0.25, 0.3) is 0 Å². The number of halogens is 2. The maximum absolute atomic E-state index is 12.5. The van der Waals surface area contributed by atoms with E-state index >= 15 is 0 Å². The Balaban J connectivity index is 0.000000192. The number of aliphatic imine (C=N–C) groups is 4. The number of para-hydroxylation sites is 3. The van der Waals surface area contributed by atoms with E-state index in [-0.39, 0.29) is 11.7 Å². The molecule has 4 aromatic carbocycles. The predicted molar refractivity (Wildman–Crippen MR) is 156 cm³/mol. The molecule has 0 bridgehead atoms. The standard InChI is InChI=1S/C10H9NO.C7H4BrNO.C7H4FNO.C7H5NO/c12-7-11-10-6-9(10)8-4-2-1-3-5-8;2*8-6-3-1-2-4-7(6)9-5-10;9-6-8-7-4-2-1-3-5-7/h1-5,9-10H,6H2;2*1-4H;1-5H. The van der Waals surface area contributed by atoms with Gasteiger partial charge in [-0.2, -0.15) is 15.0 Å². The zero-order valence-corrected chi connectivity index (χ0v) is 23.0. The molecule has 0 heterocycles. The molecule has 8 nitrogen and oxygen atoms in total. The van der Waals surface area contributed by atoms with Gasteiger partial charge < -0.3 is 0 Å². The van der Waals surface area contributed by atoms with Gasteiger partial charge in [-0.1, -0.05) is 72.8 Å². The Morgan fingerprint density at radius 2 is 1.12 bits per heavy atom. The van der Waals surface area contributed by atoms with E-state index in [9.17, 15) is 23.6 Å². The van der Waals surface area contributed by atoms with Gasteiger partial charge in [-0.15, -0.1) is 0 Å².